The average molecular weight is 398 g/mol. The van der Waals surface area contributed by atoms with E-state index < -0.39 is 0 Å². The van der Waals surface area contributed by atoms with Crippen molar-refractivity contribution in [3.8, 4) is 17.2 Å². The molecule has 1 N–H and O–H groups in total. The van der Waals surface area contributed by atoms with E-state index in [1.165, 1.54) is 18.4 Å². The summed E-state index contributed by atoms with van der Waals surface area (Å²) in [5, 5.41) is 3.19. The van der Waals surface area contributed by atoms with Gasteiger partial charge in [-0.2, -0.15) is 0 Å². The van der Waals surface area contributed by atoms with Crippen LogP contribution in [0.25, 0.3) is 0 Å². The molecule has 1 aliphatic rings. The molecule has 1 aliphatic carbocycles. The highest BCUT2D eigenvalue weighted by Crippen LogP contribution is 2.44. The molecular weight excluding hydrogens is 366 g/mol. The Morgan fingerprint density at radius 2 is 1.62 bits per heavy atom. The van der Waals surface area contributed by atoms with Gasteiger partial charge in [0.1, 0.15) is 17.2 Å². The summed E-state index contributed by atoms with van der Waals surface area (Å²) in [4.78, 5) is 12.6. The fraction of sp³-hybridized carbons (Fsp3) is 0.458. The Hall–Kier alpha value is -2.69. The van der Waals surface area contributed by atoms with Crippen LogP contribution >= 0.6 is 0 Å². The first-order valence-electron chi connectivity index (χ1n) is 10.2. The summed E-state index contributed by atoms with van der Waals surface area (Å²) in [5.74, 6) is 2.45. The number of carbonyl (C=O) groups is 1. The van der Waals surface area contributed by atoms with E-state index in [0.29, 0.717) is 19.4 Å². The molecule has 1 fully saturated rings. The Balaban J connectivity index is 1.63. The molecule has 29 heavy (non-hydrogen) atoms. The number of aryl methyl sites for hydroxylation is 1. The van der Waals surface area contributed by atoms with E-state index in [-0.39, 0.29) is 11.3 Å². The van der Waals surface area contributed by atoms with Crippen molar-refractivity contribution in [3.05, 3.63) is 53.6 Å². The van der Waals surface area contributed by atoms with Gasteiger partial charge in [-0.25, -0.2) is 0 Å². The maximum Gasteiger partial charge on any atom is 0.220 e. The second kappa shape index (κ2) is 9.68. The van der Waals surface area contributed by atoms with Crippen LogP contribution in [0.3, 0.4) is 0 Å². The summed E-state index contributed by atoms with van der Waals surface area (Å²) < 4.78 is 16.2. The smallest absolute Gasteiger partial charge is 0.220 e. The molecule has 0 aromatic heterocycles. The summed E-state index contributed by atoms with van der Waals surface area (Å²) in [6.07, 6.45) is 5.57. The van der Waals surface area contributed by atoms with Crippen LogP contribution in [-0.4, -0.2) is 33.8 Å². The molecule has 0 atom stereocenters. The summed E-state index contributed by atoms with van der Waals surface area (Å²) in [5.41, 5.74) is 2.19. The highest BCUT2D eigenvalue weighted by molar-refractivity contribution is 5.76. The lowest BCUT2D eigenvalue weighted by Crippen LogP contribution is -2.39. The Morgan fingerprint density at radius 1 is 0.966 bits per heavy atom. The summed E-state index contributed by atoms with van der Waals surface area (Å²) in [6.45, 7) is 0.646. The molecular formula is C24H31NO4. The third kappa shape index (κ3) is 5.03. The molecule has 5 nitrogen and oxygen atoms in total. The van der Waals surface area contributed by atoms with E-state index in [2.05, 4.69) is 17.4 Å². The van der Waals surface area contributed by atoms with Crippen LogP contribution in [0.4, 0.5) is 0 Å². The van der Waals surface area contributed by atoms with Crippen molar-refractivity contribution in [1.29, 1.82) is 0 Å². The number of hydrogen-bond acceptors (Lipinski definition) is 4. The maximum atomic E-state index is 12.6. The van der Waals surface area contributed by atoms with Crippen LogP contribution in [0.1, 0.15) is 43.2 Å². The minimum absolute atomic E-state index is 0.0402. The monoisotopic (exact) mass is 397 g/mol. The van der Waals surface area contributed by atoms with E-state index in [9.17, 15) is 4.79 Å². The number of methoxy groups -OCH3 is 3. The first-order chi connectivity index (χ1) is 14.1. The van der Waals surface area contributed by atoms with E-state index in [1.54, 1.807) is 21.3 Å². The molecule has 0 saturated heterocycles. The van der Waals surface area contributed by atoms with E-state index >= 15 is 0 Å². The largest absolute Gasteiger partial charge is 0.497 e. The molecule has 0 aliphatic heterocycles. The van der Waals surface area contributed by atoms with Crippen LogP contribution in [0, 0.1) is 0 Å². The van der Waals surface area contributed by atoms with Gasteiger partial charge in [0, 0.05) is 30.0 Å². The fourth-order valence-electron chi connectivity index (χ4n) is 4.30. The highest BCUT2D eigenvalue weighted by atomic mass is 16.5. The van der Waals surface area contributed by atoms with E-state index in [1.807, 2.05) is 30.3 Å². The quantitative estimate of drug-likeness (QED) is 0.686. The second-order valence-electron chi connectivity index (χ2n) is 7.69. The van der Waals surface area contributed by atoms with Crippen molar-refractivity contribution in [1.82, 2.24) is 5.32 Å². The lowest BCUT2D eigenvalue weighted by atomic mass is 9.78. The number of carbonyl (C=O) groups excluding carboxylic acids is 1. The molecule has 0 spiro atoms. The van der Waals surface area contributed by atoms with Gasteiger partial charge in [-0.15, -0.1) is 0 Å². The van der Waals surface area contributed by atoms with Gasteiger partial charge in [0.15, 0.2) is 0 Å². The van der Waals surface area contributed by atoms with Gasteiger partial charge < -0.3 is 19.5 Å². The Morgan fingerprint density at radius 3 is 2.24 bits per heavy atom. The van der Waals surface area contributed by atoms with Gasteiger partial charge in [-0.05, 0) is 43.0 Å². The number of para-hydroxylation sites is 1. The first-order valence-corrected chi connectivity index (χ1v) is 10.2. The van der Waals surface area contributed by atoms with Gasteiger partial charge >= 0.3 is 0 Å². The van der Waals surface area contributed by atoms with Crippen molar-refractivity contribution >= 4 is 5.91 Å². The van der Waals surface area contributed by atoms with Crippen molar-refractivity contribution in [3.63, 3.8) is 0 Å². The van der Waals surface area contributed by atoms with Crippen LogP contribution in [0.15, 0.2) is 42.5 Å². The predicted molar refractivity (Wildman–Crippen MR) is 114 cm³/mol. The molecule has 5 heteroatoms. The molecule has 1 amide bonds. The van der Waals surface area contributed by atoms with Crippen LogP contribution in [0.5, 0.6) is 17.2 Å². The minimum atomic E-state index is -0.0402. The Kier molecular flexibility index (Phi) is 7.02. The molecule has 0 heterocycles. The van der Waals surface area contributed by atoms with E-state index in [0.717, 1.165) is 35.7 Å². The third-order valence-corrected chi connectivity index (χ3v) is 5.91. The zero-order valence-corrected chi connectivity index (χ0v) is 17.6. The maximum absolute atomic E-state index is 12.6. The molecule has 0 unspecified atom stereocenters. The molecule has 0 bridgehead atoms. The number of hydrogen-bond donors (Lipinski definition) is 1. The number of nitrogens with one attached hydrogen (secondary N) is 1. The summed E-state index contributed by atoms with van der Waals surface area (Å²) in [6, 6.07) is 13.9. The number of rotatable bonds is 9. The van der Waals surface area contributed by atoms with Crippen LogP contribution in [-0.2, 0) is 16.6 Å². The SMILES string of the molecule is COc1cc(CCC(=O)NCC2(c3ccccc3OC)CCCC2)cc(OC)c1. The van der Waals surface area contributed by atoms with Crippen LogP contribution < -0.4 is 19.5 Å². The Labute approximate surface area is 173 Å². The summed E-state index contributed by atoms with van der Waals surface area (Å²) in [7, 11) is 4.97. The van der Waals surface area contributed by atoms with Crippen LogP contribution in [0.2, 0.25) is 0 Å². The zero-order chi connectivity index (χ0) is 20.7. The zero-order valence-electron chi connectivity index (χ0n) is 17.6. The van der Waals surface area contributed by atoms with Gasteiger partial charge in [-0.3, -0.25) is 4.79 Å². The normalized spacial score (nSPS) is 15.0. The van der Waals surface area contributed by atoms with Crippen molar-refractivity contribution < 1.29 is 19.0 Å². The highest BCUT2D eigenvalue weighted by Gasteiger charge is 2.37. The third-order valence-electron chi connectivity index (χ3n) is 5.91. The molecule has 1 saturated carbocycles. The Bertz CT molecular complexity index is 805. The minimum Gasteiger partial charge on any atom is -0.497 e. The van der Waals surface area contributed by atoms with Crippen molar-refractivity contribution in [2.45, 2.75) is 43.9 Å². The molecule has 156 valence electrons. The van der Waals surface area contributed by atoms with Crippen molar-refractivity contribution in [2.24, 2.45) is 0 Å². The molecule has 2 aromatic carbocycles. The molecule has 0 radical (unpaired) electrons. The molecule has 3 rings (SSSR count). The van der Waals surface area contributed by atoms with Gasteiger partial charge in [0.2, 0.25) is 5.91 Å². The number of benzene rings is 2. The lowest BCUT2D eigenvalue weighted by molar-refractivity contribution is -0.121. The molecule has 2 aromatic rings. The summed E-state index contributed by atoms with van der Waals surface area (Å²) >= 11 is 0. The number of amides is 1. The van der Waals surface area contributed by atoms with Gasteiger partial charge in [-0.1, -0.05) is 31.0 Å². The lowest BCUT2D eigenvalue weighted by Gasteiger charge is -2.31. The number of ether oxygens (including phenoxy) is 3. The van der Waals surface area contributed by atoms with Gasteiger partial charge in [0.25, 0.3) is 0 Å². The topological polar surface area (TPSA) is 56.8 Å². The second-order valence-corrected chi connectivity index (χ2v) is 7.69. The van der Waals surface area contributed by atoms with E-state index in [4.69, 9.17) is 14.2 Å². The van der Waals surface area contributed by atoms with Gasteiger partial charge in [0.05, 0.1) is 21.3 Å². The average Bonchev–Trinajstić information content (AvgIpc) is 3.26. The standard InChI is InChI=1S/C24H31NO4/c1-27-19-14-18(15-20(16-19)28-2)10-11-23(26)25-17-24(12-6-7-13-24)21-8-4-5-9-22(21)29-3/h4-5,8-9,14-16H,6-7,10-13,17H2,1-3H3,(H,25,26). The predicted octanol–water partition coefficient (Wildman–Crippen LogP) is 4.27. The first kappa shape index (κ1) is 21.0. The fourth-order valence-corrected chi connectivity index (χ4v) is 4.30. The van der Waals surface area contributed by atoms with Crippen molar-refractivity contribution in [2.75, 3.05) is 27.9 Å².